The topological polar surface area (TPSA) is 97.6 Å². The molecular formula is C21H26Cl2N4O3. The number of fused-ring (bicyclic) bond motifs is 1. The average Bonchev–Trinajstić information content (AvgIpc) is 3.17. The Kier molecular flexibility index (Phi) is 8.61. The summed E-state index contributed by atoms with van der Waals surface area (Å²) in [5, 5.41) is 2.93. The Bertz CT molecular complexity index is 876. The van der Waals surface area contributed by atoms with Gasteiger partial charge in [-0.05, 0) is 61.1 Å². The van der Waals surface area contributed by atoms with Gasteiger partial charge in [-0.25, -0.2) is 0 Å². The predicted molar refractivity (Wildman–Crippen MR) is 121 cm³/mol. The van der Waals surface area contributed by atoms with E-state index in [4.69, 9.17) is 10.5 Å². The summed E-state index contributed by atoms with van der Waals surface area (Å²) < 4.78 is 5.34. The fourth-order valence-corrected chi connectivity index (χ4v) is 3.85. The van der Waals surface area contributed by atoms with Crippen molar-refractivity contribution in [1.29, 1.82) is 0 Å². The summed E-state index contributed by atoms with van der Waals surface area (Å²) in [5.74, 6) is -0.0888. The zero-order chi connectivity index (χ0) is 19.5. The van der Waals surface area contributed by atoms with Crippen LogP contribution in [0.3, 0.4) is 0 Å². The lowest BCUT2D eigenvalue weighted by Crippen LogP contribution is -2.44. The number of anilines is 2. The Balaban J connectivity index is 0.00000160. The van der Waals surface area contributed by atoms with Crippen LogP contribution in [0, 0.1) is 5.92 Å². The van der Waals surface area contributed by atoms with Gasteiger partial charge >= 0.3 is 0 Å². The molecule has 1 atom stereocenters. The molecule has 1 aromatic heterocycles. The molecule has 1 fully saturated rings. The molecule has 2 amide bonds. The van der Waals surface area contributed by atoms with E-state index in [9.17, 15) is 9.59 Å². The highest BCUT2D eigenvalue weighted by atomic mass is 35.5. The van der Waals surface area contributed by atoms with Crippen LogP contribution in [0.5, 0.6) is 0 Å². The van der Waals surface area contributed by atoms with E-state index < -0.39 is 6.04 Å². The maximum Gasteiger partial charge on any atom is 0.259 e. The number of nitrogens with zero attached hydrogens (tertiary/aromatic N) is 2. The summed E-state index contributed by atoms with van der Waals surface area (Å²) in [6.45, 7) is 1.93. The Morgan fingerprint density at radius 1 is 1.20 bits per heavy atom. The molecule has 0 saturated carbocycles. The first-order valence-electron chi connectivity index (χ1n) is 9.62. The Hall–Kier alpha value is -2.19. The summed E-state index contributed by atoms with van der Waals surface area (Å²) in [5.41, 5.74) is 9.34. The Morgan fingerprint density at radius 3 is 2.67 bits per heavy atom. The highest BCUT2D eigenvalue weighted by molar-refractivity contribution is 6.07. The molecule has 162 valence electrons. The molecule has 1 aromatic carbocycles. The Labute approximate surface area is 188 Å². The van der Waals surface area contributed by atoms with Gasteiger partial charge in [0.05, 0.1) is 11.6 Å². The molecule has 7 nitrogen and oxygen atoms in total. The van der Waals surface area contributed by atoms with Gasteiger partial charge < -0.3 is 20.7 Å². The van der Waals surface area contributed by atoms with E-state index in [1.165, 1.54) is 0 Å². The molecule has 1 unspecified atom stereocenters. The lowest BCUT2D eigenvalue weighted by atomic mass is 9.92. The second-order valence-corrected chi connectivity index (χ2v) is 7.26. The number of halogens is 2. The zero-order valence-electron chi connectivity index (χ0n) is 16.5. The van der Waals surface area contributed by atoms with E-state index in [-0.39, 0.29) is 42.5 Å². The van der Waals surface area contributed by atoms with Gasteiger partial charge in [0.2, 0.25) is 5.91 Å². The number of carbonyl (C=O) groups is 2. The first-order chi connectivity index (χ1) is 13.6. The lowest BCUT2D eigenvalue weighted by molar-refractivity contribution is -0.119. The number of pyridine rings is 1. The molecule has 0 spiro atoms. The maximum atomic E-state index is 12.7. The molecule has 3 N–H and O–H groups in total. The highest BCUT2D eigenvalue weighted by Gasteiger charge is 2.28. The largest absolute Gasteiger partial charge is 0.381 e. The van der Waals surface area contributed by atoms with E-state index >= 15 is 0 Å². The predicted octanol–water partition coefficient (Wildman–Crippen LogP) is 2.82. The van der Waals surface area contributed by atoms with Crippen LogP contribution in [0.15, 0.2) is 42.7 Å². The van der Waals surface area contributed by atoms with Crippen LogP contribution in [0.4, 0.5) is 11.4 Å². The number of carbonyl (C=O) groups excluding carboxylic acids is 2. The molecule has 1 saturated heterocycles. The van der Waals surface area contributed by atoms with Crippen molar-refractivity contribution >= 4 is 48.0 Å². The third-order valence-electron chi connectivity index (χ3n) is 5.47. The molecule has 0 radical (unpaired) electrons. The summed E-state index contributed by atoms with van der Waals surface area (Å²) >= 11 is 0. The molecule has 2 aromatic rings. The van der Waals surface area contributed by atoms with E-state index in [1.54, 1.807) is 29.4 Å². The number of rotatable bonds is 4. The molecule has 3 heterocycles. The molecule has 2 aliphatic rings. The van der Waals surface area contributed by atoms with Crippen LogP contribution in [0.1, 0.15) is 28.8 Å². The van der Waals surface area contributed by atoms with Crippen molar-refractivity contribution in [3.8, 4) is 0 Å². The van der Waals surface area contributed by atoms with Gasteiger partial charge in [-0.15, -0.1) is 24.8 Å². The number of nitrogens with one attached hydrogen (secondary N) is 1. The van der Waals surface area contributed by atoms with Gasteiger partial charge in [0, 0.05) is 43.5 Å². The molecular weight excluding hydrogens is 427 g/mol. The fourth-order valence-electron chi connectivity index (χ4n) is 3.85. The van der Waals surface area contributed by atoms with Gasteiger partial charge in [-0.3, -0.25) is 14.6 Å². The molecule has 2 aliphatic heterocycles. The standard InChI is InChI=1S/C21H24N4O3.2ClH/c22-19(14-6-10-28-11-7-14)20(26)24-17-3-4-18-15(12-17)5-9-25(18)21(27)16-2-1-8-23-13-16;;/h1-4,8,12-14,19H,5-7,9-11,22H2,(H,24,26);2*1H. The molecule has 0 aliphatic carbocycles. The first-order valence-corrected chi connectivity index (χ1v) is 9.62. The van der Waals surface area contributed by atoms with Crippen LogP contribution >= 0.6 is 24.8 Å². The zero-order valence-corrected chi connectivity index (χ0v) is 18.1. The van der Waals surface area contributed by atoms with Crippen LogP contribution in [-0.2, 0) is 16.0 Å². The third kappa shape index (κ3) is 5.10. The minimum Gasteiger partial charge on any atom is -0.381 e. The number of ether oxygens (including phenoxy) is 1. The number of benzene rings is 1. The van der Waals surface area contributed by atoms with Gasteiger partial charge in [-0.1, -0.05) is 0 Å². The van der Waals surface area contributed by atoms with Crippen LogP contribution in [0.25, 0.3) is 0 Å². The van der Waals surface area contributed by atoms with E-state index in [0.29, 0.717) is 31.0 Å². The minimum atomic E-state index is -0.541. The summed E-state index contributed by atoms with van der Waals surface area (Å²) in [6, 6.07) is 8.61. The van der Waals surface area contributed by atoms with Gasteiger partial charge in [-0.2, -0.15) is 0 Å². The van der Waals surface area contributed by atoms with Crippen LogP contribution < -0.4 is 16.0 Å². The SMILES string of the molecule is Cl.Cl.NC(C(=O)Nc1ccc2c(c1)CCN2C(=O)c1cccnc1)C1CCOCC1. The van der Waals surface area contributed by atoms with Gasteiger partial charge in [0.15, 0.2) is 0 Å². The fraction of sp³-hybridized carbons (Fsp3) is 0.381. The van der Waals surface area contributed by atoms with Crippen LogP contribution in [0.2, 0.25) is 0 Å². The normalized spacial score (nSPS) is 16.6. The second-order valence-electron chi connectivity index (χ2n) is 7.26. The number of hydrogen-bond donors (Lipinski definition) is 2. The van der Waals surface area contributed by atoms with E-state index in [2.05, 4.69) is 10.3 Å². The summed E-state index contributed by atoms with van der Waals surface area (Å²) in [7, 11) is 0. The third-order valence-corrected chi connectivity index (χ3v) is 5.47. The van der Waals surface area contributed by atoms with E-state index in [0.717, 1.165) is 30.5 Å². The molecule has 9 heteroatoms. The minimum absolute atomic E-state index is 0. The summed E-state index contributed by atoms with van der Waals surface area (Å²) in [4.78, 5) is 31.0. The number of nitrogens with two attached hydrogens (primary N) is 1. The van der Waals surface area contributed by atoms with Gasteiger partial charge in [0.25, 0.3) is 5.91 Å². The first kappa shape index (κ1) is 24.1. The maximum absolute atomic E-state index is 12.7. The number of amides is 2. The quantitative estimate of drug-likeness (QED) is 0.742. The second kappa shape index (κ2) is 10.7. The van der Waals surface area contributed by atoms with Crippen LogP contribution in [-0.4, -0.2) is 42.6 Å². The Morgan fingerprint density at radius 2 is 1.97 bits per heavy atom. The van der Waals surface area contributed by atoms with Crippen molar-refractivity contribution in [2.24, 2.45) is 11.7 Å². The smallest absolute Gasteiger partial charge is 0.259 e. The molecule has 30 heavy (non-hydrogen) atoms. The van der Waals surface area contributed by atoms with Crippen molar-refractivity contribution in [2.75, 3.05) is 30.0 Å². The number of aromatic nitrogens is 1. The van der Waals surface area contributed by atoms with Crippen molar-refractivity contribution in [1.82, 2.24) is 4.98 Å². The van der Waals surface area contributed by atoms with Crippen molar-refractivity contribution in [3.05, 3.63) is 53.9 Å². The van der Waals surface area contributed by atoms with E-state index in [1.807, 2.05) is 18.2 Å². The van der Waals surface area contributed by atoms with Crippen molar-refractivity contribution in [3.63, 3.8) is 0 Å². The highest BCUT2D eigenvalue weighted by Crippen LogP contribution is 2.31. The van der Waals surface area contributed by atoms with Crippen molar-refractivity contribution < 1.29 is 14.3 Å². The monoisotopic (exact) mass is 452 g/mol. The van der Waals surface area contributed by atoms with Gasteiger partial charge in [0.1, 0.15) is 0 Å². The molecule has 4 rings (SSSR count). The summed E-state index contributed by atoms with van der Waals surface area (Å²) in [6.07, 6.45) is 5.59. The lowest BCUT2D eigenvalue weighted by Gasteiger charge is -2.26. The van der Waals surface area contributed by atoms with Crippen molar-refractivity contribution in [2.45, 2.75) is 25.3 Å². The molecule has 0 bridgehead atoms. The average molecular weight is 453 g/mol. The number of hydrogen-bond acceptors (Lipinski definition) is 5.